The maximum Gasteiger partial charge on any atom is 0.327 e. The number of nitrogens with zero attached hydrogens (tertiary/aromatic N) is 4. The first-order valence-corrected chi connectivity index (χ1v) is 10.7. The van der Waals surface area contributed by atoms with Crippen LogP contribution in [0.5, 0.6) is 0 Å². The summed E-state index contributed by atoms with van der Waals surface area (Å²) in [4.78, 5) is 33.7. The van der Waals surface area contributed by atoms with Gasteiger partial charge in [-0.2, -0.15) is 5.26 Å². The minimum Gasteiger partial charge on any atom is -0.347 e. The molecule has 31 heavy (non-hydrogen) atoms. The van der Waals surface area contributed by atoms with E-state index in [0.717, 1.165) is 11.1 Å². The number of nitriles is 1. The molecule has 0 bridgehead atoms. The zero-order chi connectivity index (χ0) is 21.8. The fraction of sp³-hybridized carbons (Fsp3) is 0.217. The van der Waals surface area contributed by atoms with E-state index >= 15 is 0 Å². The van der Waals surface area contributed by atoms with Crippen LogP contribution in [0, 0.1) is 18.3 Å². The summed E-state index contributed by atoms with van der Waals surface area (Å²) in [5.41, 5.74) is 2.36. The van der Waals surface area contributed by atoms with Crippen LogP contribution >= 0.6 is 11.3 Å². The van der Waals surface area contributed by atoms with Gasteiger partial charge in [-0.25, -0.2) is 9.78 Å². The van der Waals surface area contributed by atoms with Gasteiger partial charge in [-0.05, 0) is 18.1 Å². The molecule has 1 aliphatic heterocycles. The molecule has 4 rings (SSSR count). The number of hydrogen-bond acceptors (Lipinski definition) is 5. The highest BCUT2D eigenvalue weighted by molar-refractivity contribution is 7.17. The van der Waals surface area contributed by atoms with Crippen LogP contribution in [0.3, 0.4) is 0 Å². The van der Waals surface area contributed by atoms with Gasteiger partial charge in [0, 0.05) is 19.6 Å². The van der Waals surface area contributed by atoms with Gasteiger partial charge in [0.15, 0.2) is 5.13 Å². The molecule has 8 heteroatoms. The Balaban J connectivity index is 1.47. The summed E-state index contributed by atoms with van der Waals surface area (Å²) in [5, 5.41) is 13.0. The second-order valence-electron chi connectivity index (χ2n) is 7.15. The molecule has 1 aliphatic rings. The number of aromatic nitrogens is 1. The van der Waals surface area contributed by atoms with Crippen LogP contribution in [0.2, 0.25) is 0 Å². The van der Waals surface area contributed by atoms with E-state index in [1.807, 2.05) is 60.7 Å². The number of benzene rings is 2. The molecule has 0 aliphatic carbocycles. The first-order chi connectivity index (χ1) is 15.1. The normalized spacial score (nSPS) is 14.4. The highest BCUT2D eigenvalue weighted by atomic mass is 32.1. The van der Waals surface area contributed by atoms with E-state index in [1.54, 1.807) is 16.7 Å². The molecular formula is C23H21N5O2S. The van der Waals surface area contributed by atoms with E-state index in [1.165, 1.54) is 11.3 Å². The van der Waals surface area contributed by atoms with Crippen LogP contribution in [0.1, 0.15) is 32.5 Å². The Bertz CT molecular complexity index is 1120. The molecule has 0 spiro atoms. The lowest BCUT2D eigenvalue weighted by Crippen LogP contribution is -2.34. The summed E-state index contributed by atoms with van der Waals surface area (Å²) in [6.45, 7) is 3.02. The molecule has 1 atom stereocenters. The minimum absolute atomic E-state index is 0.215. The first-order valence-electron chi connectivity index (χ1n) is 9.90. The molecule has 2 heterocycles. The number of thiazole rings is 1. The van der Waals surface area contributed by atoms with Crippen molar-refractivity contribution in [2.75, 3.05) is 18.0 Å². The lowest BCUT2D eigenvalue weighted by Gasteiger charge is -2.22. The highest BCUT2D eigenvalue weighted by Gasteiger charge is 2.37. The molecular weight excluding hydrogens is 410 g/mol. The van der Waals surface area contributed by atoms with Crippen LogP contribution in [0.15, 0.2) is 60.7 Å². The molecule has 1 N–H and O–H groups in total. The van der Waals surface area contributed by atoms with Gasteiger partial charge in [-0.1, -0.05) is 72.0 Å². The van der Waals surface area contributed by atoms with E-state index in [4.69, 9.17) is 0 Å². The number of urea groups is 1. The first kappa shape index (κ1) is 20.6. The second-order valence-corrected chi connectivity index (χ2v) is 8.13. The number of nitrogens with one attached hydrogen (secondary N) is 1. The van der Waals surface area contributed by atoms with E-state index in [0.29, 0.717) is 35.3 Å². The Labute approximate surface area is 184 Å². The third kappa shape index (κ3) is 4.27. The number of aryl methyl sites for hydroxylation is 1. The number of rotatable bonds is 6. The highest BCUT2D eigenvalue weighted by Crippen LogP contribution is 2.32. The van der Waals surface area contributed by atoms with Crippen molar-refractivity contribution < 1.29 is 9.59 Å². The van der Waals surface area contributed by atoms with Crippen molar-refractivity contribution in [3.05, 3.63) is 82.4 Å². The minimum atomic E-state index is -0.659. The van der Waals surface area contributed by atoms with Gasteiger partial charge in [0.2, 0.25) is 0 Å². The van der Waals surface area contributed by atoms with Crippen molar-refractivity contribution in [3.8, 4) is 6.07 Å². The molecule has 1 fully saturated rings. The number of carbonyl (C=O) groups excluding carboxylic acids is 2. The van der Waals surface area contributed by atoms with Crippen LogP contribution in [0.4, 0.5) is 9.93 Å². The van der Waals surface area contributed by atoms with E-state index in [-0.39, 0.29) is 11.9 Å². The third-order valence-corrected chi connectivity index (χ3v) is 6.29. The monoisotopic (exact) mass is 431 g/mol. The number of hydrogen-bond donors (Lipinski definition) is 1. The average molecular weight is 432 g/mol. The van der Waals surface area contributed by atoms with Crippen molar-refractivity contribution in [1.29, 1.82) is 5.26 Å². The van der Waals surface area contributed by atoms with Crippen molar-refractivity contribution in [2.45, 2.75) is 19.5 Å². The molecule has 3 amide bonds. The maximum atomic E-state index is 13.0. The van der Waals surface area contributed by atoms with E-state index < -0.39 is 6.04 Å². The molecule has 2 aromatic carbocycles. The lowest BCUT2D eigenvalue weighted by atomic mass is 10.1. The van der Waals surface area contributed by atoms with Gasteiger partial charge in [0.05, 0.1) is 11.8 Å². The van der Waals surface area contributed by atoms with E-state index in [2.05, 4.69) is 16.4 Å². The molecule has 156 valence electrons. The predicted molar refractivity (Wildman–Crippen MR) is 119 cm³/mol. The molecule has 0 saturated carbocycles. The SMILES string of the molecule is Cc1nc(N2CCN(C(C#N)c3ccccc3)C2=O)sc1C(=O)NCc1ccccc1. The summed E-state index contributed by atoms with van der Waals surface area (Å²) in [7, 11) is 0. The van der Waals surface area contributed by atoms with Crippen LogP contribution in [0.25, 0.3) is 0 Å². The predicted octanol–water partition coefficient (Wildman–Crippen LogP) is 3.89. The van der Waals surface area contributed by atoms with Crippen molar-refractivity contribution >= 4 is 28.4 Å². The smallest absolute Gasteiger partial charge is 0.327 e. The zero-order valence-corrected chi connectivity index (χ0v) is 17.8. The summed E-state index contributed by atoms with van der Waals surface area (Å²) in [6, 6.07) is 20.2. The van der Waals surface area contributed by atoms with E-state index in [9.17, 15) is 14.9 Å². The molecule has 7 nitrogen and oxygen atoms in total. The number of carbonyl (C=O) groups is 2. The summed E-state index contributed by atoms with van der Waals surface area (Å²) in [5.74, 6) is -0.215. The Morgan fingerprint density at radius 1 is 1.16 bits per heavy atom. The van der Waals surface area contributed by atoms with Gasteiger partial charge < -0.3 is 10.2 Å². The van der Waals surface area contributed by atoms with Gasteiger partial charge in [0.25, 0.3) is 5.91 Å². The second kappa shape index (κ2) is 8.98. The average Bonchev–Trinajstić information content (AvgIpc) is 3.37. The van der Waals surface area contributed by atoms with Crippen LogP contribution in [-0.2, 0) is 6.54 Å². The van der Waals surface area contributed by atoms with Gasteiger partial charge in [0.1, 0.15) is 10.9 Å². The van der Waals surface area contributed by atoms with Crippen LogP contribution in [-0.4, -0.2) is 34.9 Å². The van der Waals surface area contributed by atoms with Crippen molar-refractivity contribution in [2.24, 2.45) is 0 Å². The summed E-state index contributed by atoms with van der Waals surface area (Å²) >= 11 is 1.19. The Kier molecular flexibility index (Phi) is 5.96. The fourth-order valence-corrected chi connectivity index (χ4v) is 4.50. The Morgan fingerprint density at radius 3 is 2.52 bits per heavy atom. The number of amides is 3. The molecule has 1 unspecified atom stereocenters. The lowest BCUT2D eigenvalue weighted by molar-refractivity contribution is 0.0954. The largest absolute Gasteiger partial charge is 0.347 e. The molecule has 1 saturated heterocycles. The van der Waals surface area contributed by atoms with Gasteiger partial charge >= 0.3 is 6.03 Å². The summed E-state index contributed by atoms with van der Waals surface area (Å²) < 4.78 is 0. The Hall–Kier alpha value is -3.70. The van der Waals surface area contributed by atoms with Crippen molar-refractivity contribution in [1.82, 2.24) is 15.2 Å². The maximum absolute atomic E-state index is 13.0. The molecule has 1 aromatic heterocycles. The summed E-state index contributed by atoms with van der Waals surface area (Å²) in [6.07, 6.45) is 0. The molecule has 0 radical (unpaired) electrons. The standard InChI is InChI=1S/C23H21N5O2S/c1-16-20(21(29)25-15-17-8-4-2-5-9-17)31-22(26-16)28-13-12-27(23(28)30)19(14-24)18-10-6-3-7-11-18/h2-11,19H,12-13,15H2,1H3,(H,25,29). The van der Waals surface area contributed by atoms with Gasteiger partial charge in [-0.3, -0.25) is 9.69 Å². The zero-order valence-electron chi connectivity index (χ0n) is 17.0. The van der Waals surface area contributed by atoms with Crippen LogP contribution < -0.4 is 10.2 Å². The number of anilines is 1. The topological polar surface area (TPSA) is 89.3 Å². The van der Waals surface area contributed by atoms with Gasteiger partial charge in [-0.15, -0.1) is 0 Å². The quantitative estimate of drug-likeness (QED) is 0.641. The Morgan fingerprint density at radius 2 is 1.84 bits per heavy atom. The van der Waals surface area contributed by atoms with Crippen molar-refractivity contribution in [3.63, 3.8) is 0 Å². The fourth-order valence-electron chi connectivity index (χ4n) is 3.50. The third-order valence-electron chi connectivity index (χ3n) is 5.11. The molecule has 3 aromatic rings.